The number of halogens is 1. The first-order valence-electron chi connectivity index (χ1n) is 11.4. The van der Waals surface area contributed by atoms with Crippen molar-refractivity contribution in [1.29, 1.82) is 0 Å². The summed E-state index contributed by atoms with van der Waals surface area (Å²) in [7, 11) is 0. The van der Waals surface area contributed by atoms with Gasteiger partial charge in [0.1, 0.15) is 0 Å². The number of carbonyl (C=O) groups is 1. The Hall–Kier alpha value is -1.40. The van der Waals surface area contributed by atoms with E-state index in [9.17, 15) is 18.7 Å². The van der Waals surface area contributed by atoms with E-state index in [1.165, 1.54) is 4.43 Å². The molecular formula is C24H33IN3O4S-. The molecule has 1 aromatic rings. The van der Waals surface area contributed by atoms with Gasteiger partial charge in [-0.05, 0) is 45.5 Å². The van der Waals surface area contributed by atoms with Crippen LogP contribution in [-0.2, 0) is 15.9 Å². The van der Waals surface area contributed by atoms with E-state index >= 15 is 0 Å². The van der Waals surface area contributed by atoms with Gasteiger partial charge in [-0.25, -0.2) is 0 Å². The minimum Gasteiger partial charge on any atom is -0.767 e. The first-order chi connectivity index (χ1) is 16.0. The van der Waals surface area contributed by atoms with Gasteiger partial charge in [-0.1, -0.05) is 49.4 Å². The van der Waals surface area contributed by atoms with Crippen LogP contribution in [0, 0.1) is 5.92 Å². The Labute approximate surface area is 208 Å². The second-order valence-electron chi connectivity index (χ2n) is 8.28. The molecule has 0 saturated carbocycles. The van der Waals surface area contributed by atoms with Crippen molar-refractivity contribution in [3.05, 3.63) is 53.1 Å². The lowest BCUT2D eigenvalue weighted by molar-refractivity contribution is -0.118. The van der Waals surface area contributed by atoms with Crippen molar-refractivity contribution < 1.29 is 18.7 Å². The normalized spacial score (nSPS) is 24.3. The Bertz CT molecular complexity index is 893. The van der Waals surface area contributed by atoms with Crippen LogP contribution < -0.4 is 10.6 Å². The highest BCUT2D eigenvalue weighted by Gasteiger charge is 2.30. The molecule has 0 radical (unpaired) electrons. The van der Waals surface area contributed by atoms with E-state index in [2.05, 4.69) is 20.7 Å². The van der Waals surface area contributed by atoms with Gasteiger partial charge in [-0.3, -0.25) is 9.00 Å². The Morgan fingerprint density at radius 1 is 1.36 bits per heavy atom. The lowest BCUT2D eigenvalue weighted by Gasteiger charge is -2.27. The molecule has 0 saturated heterocycles. The fraction of sp³-hybridized carbons (Fsp3) is 0.500. The number of aliphatic hydroxyl groups is 1. The van der Waals surface area contributed by atoms with Crippen LogP contribution in [0.4, 0.5) is 0 Å². The minimum atomic E-state index is -2.41. The summed E-state index contributed by atoms with van der Waals surface area (Å²) in [4.78, 5) is 13.3. The first-order valence-corrected chi connectivity index (χ1v) is 15.2. The third-order valence-electron chi connectivity index (χ3n) is 5.91. The van der Waals surface area contributed by atoms with Gasteiger partial charge in [0.2, 0.25) is 6.41 Å². The third-order valence-corrected chi connectivity index (χ3v) is 9.60. The van der Waals surface area contributed by atoms with Gasteiger partial charge in [0.05, 0.1) is 17.2 Å². The summed E-state index contributed by atoms with van der Waals surface area (Å²) in [5, 5.41) is 17.3. The van der Waals surface area contributed by atoms with Gasteiger partial charge in [0, 0.05) is 36.0 Å². The van der Waals surface area contributed by atoms with Crippen LogP contribution in [0.25, 0.3) is 5.57 Å². The van der Waals surface area contributed by atoms with E-state index in [1.807, 2.05) is 43.3 Å². The number of carbonyl (C=O) groups excluding carboxylic acids is 1. The molecule has 2 heterocycles. The molecule has 5 unspecified atom stereocenters. The molecule has 0 bridgehead atoms. The highest BCUT2D eigenvalue weighted by atomic mass is 127. The number of rotatable bonds is 14. The molecule has 0 aliphatic carbocycles. The SMILES string of the molecule is CCCNC(=C(CCN(C=O)CCC(O)C1C=CC(C2C=IC2)N1)c1ccccc1)S(=O)[O-]. The van der Waals surface area contributed by atoms with E-state index in [1.54, 1.807) is 4.90 Å². The maximum atomic E-state index is 11.9. The lowest BCUT2D eigenvalue weighted by atomic mass is 10.0. The summed E-state index contributed by atoms with van der Waals surface area (Å²) >= 11 is -2.12. The monoisotopic (exact) mass is 586 g/mol. The summed E-state index contributed by atoms with van der Waals surface area (Å²) in [6.07, 6.45) is 6.03. The van der Waals surface area contributed by atoms with E-state index in [0.29, 0.717) is 70.7 Å². The second-order valence-corrected chi connectivity index (χ2v) is 11.6. The molecule has 0 spiro atoms. The molecular weight excluding hydrogens is 553 g/mol. The molecule has 5 atom stereocenters. The van der Waals surface area contributed by atoms with Crippen LogP contribution in [-0.4, -0.2) is 71.4 Å². The van der Waals surface area contributed by atoms with Crippen LogP contribution in [0.3, 0.4) is 0 Å². The number of aliphatic hydroxyl groups excluding tert-OH is 1. The second kappa shape index (κ2) is 13.5. The molecule has 9 heteroatoms. The topological polar surface area (TPSA) is 105 Å². The van der Waals surface area contributed by atoms with Crippen LogP contribution in [0.1, 0.15) is 31.7 Å². The number of amides is 1. The predicted molar refractivity (Wildman–Crippen MR) is 142 cm³/mol. The van der Waals surface area contributed by atoms with Gasteiger partial charge >= 0.3 is 0 Å². The Morgan fingerprint density at radius 2 is 2.12 bits per heavy atom. The van der Waals surface area contributed by atoms with Crippen LogP contribution >= 0.6 is 20.7 Å². The summed E-state index contributed by atoms with van der Waals surface area (Å²) in [5.74, 6) is 0.600. The van der Waals surface area contributed by atoms with Crippen LogP contribution in [0.5, 0.6) is 0 Å². The Kier molecular flexibility index (Phi) is 10.7. The number of hydrogen-bond donors (Lipinski definition) is 3. The number of alkyl halides is 1. The molecule has 7 nitrogen and oxygen atoms in total. The number of nitrogens with one attached hydrogen (secondary N) is 2. The van der Waals surface area contributed by atoms with E-state index in [-0.39, 0.29) is 11.1 Å². The first kappa shape index (κ1) is 26.2. The molecule has 33 heavy (non-hydrogen) atoms. The van der Waals surface area contributed by atoms with Gasteiger partial charge in [0.15, 0.2) is 0 Å². The standard InChI is InChI=1S/C24H34IN3O4S/c1-2-12-26-24(33(31)32)20(18-6-4-3-5-7-18)10-13-28(17-29)14-11-23(30)22-9-8-21(27-22)19-15-25-16-19/h3-9,15,17,19,21-23,26-27,30H,2,10-14,16H2,1H3,(H,31,32)/p-1. The number of nitrogens with zero attached hydrogens (tertiary/aromatic N) is 1. The number of benzene rings is 1. The van der Waals surface area contributed by atoms with Crippen molar-refractivity contribution in [2.24, 2.45) is 5.92 Å². The largest absolute Gasteiger partial charge is 0.767 e. The van der Waals surface area contributed by atoms with Crippen molar-refractivity contribution in [3.63, 3.8) is 0 Å². The van der Waals surface area contributed by atoms with Gasteiger partial charge in [-0.2, -0.15) is 0 Å². The van der Waals surface area contributed by atoms with Crippen molar-refractivity contribution >= 4 is 47.8 Å². The molecule has 0 fully saturated rings. The fourth-order valence-corrected chi connectivity index (χ4v) is 6.66. The molecule has 3 N–H and O–H groups in total. The molecule has 182 valence electrons. The Morgan fingerprint density at radius 3 is 2.73 bits per heavy atom. The molecule has 2 aliphatic heterocycles. The molecule has 0 aromatic heterocycles. The van der Waals surface area contributed by atoms with Crippen molar-refractivity contribution in [1.82, 2.24) is 15.5 Å². The van der Waals surface area contributed by atoms with Crippen LogP contribution in [0.15, 0.2) is 47.5 Å². The zero-order valence-corrected chi connectivity index (χ0v) is 21.8. The zero-order chi connectivity index (χ0) is 23.6. The lowest BCUT2D eigenvalue weighted by Crippen LogP contribution is -2.45. The summed E-state index contributed by atoms with van der Waals surface area (Å²) in [6, 6.07) is 9.60. The average molecular weight is 587 g/mol. The van der Waals surface area contributed by atoms with Crippen molar-refractivity contribution in [2.45, 2.75) is 44.4 Å². The predicted octanol–water partition coefficient (Wildman–Crippen LogP) is 2.13. The van der Waals surface area contributed by atoms with Gasteiger partial charge < -0.3 is 25.2 Å². The molecule has 1 amide bonds. The maximum absolute atomic E-state index is 11.9. The van der Waals surface area contributed by atoms with Crippen molar-refractivity contribution in [2.75, 3.05) is 24.1 Å². The Balaban J connectivity index is 1.59. The maximum Gasteiger partial charge on any atom is 0.209 e. The summed E-state index contributed by atoms with van der Waals surface area (Å²) < 4.78 is 27.6. The summed E-state index contributed by atoms with van der Waals surface area (Å²) in [5.41, 5.74) is 1.47. The zero-order valence-electron chi connectivity index (χ0n) is 18.9. The smallest absolute Gasteiger partial charge is 0.209 e. The van der Waals surface area contributed by atoms with Gasteiger partial charge in [0.25, 0.3) is 0 Å². The van der Waals surface area contributed by atoms with Gasteiger partial charge in [-0.15, -0.1) is 20.7 Å². The minimum absolute atomic E-state index is 0.0943. The fourth-order valence-electron chi connectivity index (χ4n) is 3.93. The molecule has 3 rings (SSSR count). The third kappa shape index (κ3) is 7.54. The quantitative estimate of drug-likeness (QED) is 0.102. The van der Waals surface area contributed by atoms with Crippen molar-refractivity contribution in [3.8, 4) is 0 Å². The summed E-state index contributed by atoms with van der Waals surface area (Å²) in [6.45, 7) is 3.30. The molecule has 1 aromatic carbocycles. The van der Waals surface area contributed by atoms with E-state index in [0.717, 1.165) is 18.4 Å². The highest BCUT2D eigenvalue weighted by Crippen LogP contribution is 2.26. The number of hydrogen-bond acceptors (Lipinski definition) is 6. The highest BCUT2D eigenvalue weighted by molar-refractivity contribution is 14.2. The average Bonchev–Trinajstić information content (AvgIpc) is 3.26. The van der Waals surface area contributed by atoms with E-state index in [4.69, 9.17) is 0 Å². The molecule has 2 aliphatic rings. The van der Waals surface area contributed by atoms with Crippen LogP contribution in [0.2, 0.25) is 0 Å². The van der Waals surface area contributed by atoms with E-state index < -0.39 is 17.2 Å².